The van der Waals surface area contributed by atoms with Crippen LogP contribution in [0.1, 0.15) is 16.8 Å². The monoisotopic (exact) mass is 529 g/mol. The van der Waals surface area contributed by atoms with E-state index < -0.39 is 0 Å². The van der Waals surface area contributed by atoms with E-state index in [1.165, 1.54) is 23.1 Å². The number of amides is 1. The number of rotatable bonds is 6. The molecule has 0 saturated heterocycles. The molecule has 2 N–H and O–H groups in total. The number of hydrogen-bond donors (Lipinski definition) is 2. The van der Waals surface area contributed by atoms with Crippen molar-refractivity contribution in [2.45, 2.75) is 25.9 Å². The van der Waals surface area contributed by atoms with Gasteiger partial charge in [-0.25, -0.2) is 4.98 Å². The van der Waals surface area contributed by atoms with E-state index in [1.54, 1.807) is 18.2 Å². The molecule has 4 rings (SSSR count). The fraction of sp³-hybridized carbons (Fsp3) is 0.182. The van der Waals surface area contributed by atoms with Crippen LogP contribution in [0.25, 0.3) is 17.1 Å². The number of nitrogens with one attached hydrogen (secondary N) is 1. The van der Waals surface area contributed by atoms with Crippen LogP contribution in [-0.2, 0) is 4.79 Å². The average molecular weight is 530 g/mol. The lowest BCUT2D eigenvalue weighted by Crippen LogP contribution is -2.14. The highest BCUT2D eigenvalue weighted by Crippen LogP contribution is 2.35. The van der Waals surface area contributed by atoms with Gasteiger partial charge >= 0.3 is 0 Å². The van der Waals surface area contributed by atoms with Crippen LogP contribution in [0.5, 0.6) is 5.75 Å². The number of benzene rings is 2. The van der Waals surface area contributed by atoms with E-state index in [0.717, 1.165) is 27.0 Å². The molecule has 2 aromatic carbocycles. The van der Waals surface area contributed by atoms with Crippen molar-refractivity contribution in [3.8, 4) is 22.8 Å². The largest absolute Gasteiger partial charge is 0.507 e. The van der Waals surface area contributed by atoms with Crippen LogP contribution in [0.15, 0.2) is 51.4 Å². The maximum absolute atomic E-state index is 12.5. The van der Waals surface area contributed by atoms with Gasteiger partial charge in [-0.3, -0.25) is 9.36 Å². The second-order valence-corrected chi connectivity index (χ2v) is 9.94. The van der Waals surface area contributed by atoms with Gasteiger partial charge in [0.1, 0.15) is 5.75 Å². The number of aryl methyl sites for hydroxylation is 3. The van der Waals surface area contributed by atoms with Gasteiger partial charge in [0.15, 0.2) is 16.1 Å². The normalized spacial score (nSPS) is 11.0. The average Bonchev–Trinajstić information content (AvgIpc) is 3.34. The van der Waals surface area contributed by atoms with Crippen LogP contribution in [0.3, 0.4) is 0 Å². The molecular formula is C22H20BrN5O2S2. The number of nitrogens with zero attached hydrogens (tertiary/aromatic N) is 4. The van der Waals surface area contributed by atoms with Crippen molar-refractivity contribution >= 4 is 50.1 Å². The first-order chi connectivity index (χ1) is 15.3. The fourth-order valence-corrected chi connectivity index (χ4v) is 5.01. The van der Waals surface area contributed by atoms with Crippen molar-refractivity contribution < 1.29 is 9.90 Å². The summed E-state index contributed by atoms with van der Waals surface area (Å²) >= 11 is 6.12. The maximum Gasteiger partial charge on any atom is 0.236 e. The molecular weight excluding hydrogens is 510 g/mol. The standard InChI is InChI=1S/C22H20BrN5O2S2/c1-12-4-6-17(13(2)8-12)28-20(16-9-15(23)5-7-18(16)29)26-27-22(28)32-11-19(30)25-21-24-14(3)10-31-21/h4-10,29H,11H2,1-3H3,(H,24,25,30). The van der Waals surface area contributed by atoms with E-state index in [2.05, 4.69) is 42.5 Å². The summed E-state index contributed by atoms with van der Waals surface area (Å²) < 4.78 is 2.69. The van der Waals surface area contributed by atoms with Gasteiger partial charge < -0.3 is 10.4 Å². The first-order valence-electron chi connectivity index (χ1n) is 9.68. The summed E-state index contributed by atoms with van der Waals surface area (Å²) in [7, 11) is 0. The Labute approximate surface area is 202 Å². The minimum Gasteiger partial charge on any atom is -0.507 e. The van der Waals surface area contributed by atoms with Gasteiger partial charge in [-0.2, -0.15) is 0 Å². The molecule has 0 unspecified atom stereocenters. The Kier molecular flexibility index (Phi) is 6.63. The Balaban J connectivity index is 1.70. The molecule has 0 atom stereocenters. The molecule has 0 fully saturated rings. The van der Waals surface area contributed by atoms with Crippen molar-refractivity contribution in [2.75, 3.05) is 11.1 Å². The molecule has 0 saturated carbocycles. The topological polar surface area (TPSA) is 92.9 Å². The quantitative estimate of drug-likeness (QED) is 0.319. The van der Waals surface area contributed by atoms with E-state index in [0.29, 0.717) is 21.7 Å². The lowest BCUT2D eigenvalue weighted by molar-refractivity contribution is -0.113. The predicted molar refractivity (Wildman–Crippen MR) is 132 cm³/mol. The molecule has 2 aromatic heterocycles. The maximum atomic E-state index is 12.5. The van der Waals surface area contributed by atoms with E-state index in [4.69, 9.17) is 0 Å². The first-order valence-corrected chi connectivity index (χ1v) is 12.3. The number of phenols is 1. The number of anilines is 1. The molecule has 32 heavy (non-hydrogen) atoms. The van der Waals surface area contributed by atoms with Crippen LogP contribution in [0.2, 0.25) is 0 Å². The van der Waals surface area contributed by atoms with Gasteiger partial charge in [-0.15, -0.1) is 21.5 Å². The number of carbonyl (C=O) groups excluding carboxylic acids is 1. The Bertz CT molecular complexity index is 1300. The highest BCUT2D eigenvalue weighted by atomic mass is 79.9. The Morgan fingerprint density at radius 2 is 2.00 bits per heavy atom. The highest BCUT2D eigenvalue weighted by Gasteiger charge is 2.21. The molecule has 0 radical (unpaired) electrons. The molecule has 0 aliphatic heterocycles. The number of aromatic nitrogens is 4. The molecule has 7 nitrogen and oxygen atoms in total. The summed E-state index contributed by atoms with van der Waals surface area (Å²) in [4.78, 5) is 16.7. The van der Waals surface area contributed by atoms with Crippen molar-refractivity contribution in [1.29, 1.82) is 0 Å². The third-order valence-corrected chi connectivity index (χ3v) is 6.92. The van der Waals surface area contributed by atoms with Crippen molar-refractivity contribution in [2.24, 2.45) is 0 Å². The molecule has 10 heteroatoms. The lowest BCUT2D eigenvalue weighted by atomic mass is 10.1. The molecule has 0 aliphatic carbocycles. The number of phenolic OH excluding ortho intramolecular Hbond substituents is 1. The SMILES string of the molecule is Cc1ccc(-n2c(SCC(=O)Nc3nc(C)cs3)nnc2-c2cc(Br)ccc2O)c(C)c1. The number of thioether (sulfide) groups is 1. The number of halogens is 1. The van der Waals surface area contributed by atoms with Crippen LogP contribution in [0.4, 0.5) is 5.13 Å². The van der Waals surface area contributed by atoms with E-state index in [-0.39, 0.29) is 17.4 Å². The second-order valence-electron chi connectivity index (χ2n) is 7.22. The van der Waals surface area contributed by atoms with Crippen LogP contribution < -0.4 is 5.32 Å². The molecule has 164 valence electrons. The molecule has 0 bridgehead atoms. The summed E-state index contributed by atoms with van der Waals surface area (Å²) in [6, 6.07) is 11.2. The summed E-state index contributed by atoms with van der Waals surface area (Å²) in [5, 5.41) is 25.0. The van der Waals surface area contributed by atoms with Crippen LogP contribution in [-0.4, -0.2) is 36.5 Å². The van der Waals surface area contributed by atoms with Gasteiger partial charge in [-0.1, -0.05) is 45.4 Å². The predicted octanol–water partition coefficient (Wildman–Crippen LogP) is 5.51. The third-order valence-electron chi connectivity index (χ3n) is 4.62. The van der Waals surface area contributed by atoms with Gasteiger partial charge in [0.05, 0.1) is 22.7 Å². The van der Waals surface area contributed by atoms with Gasteiger partial charge in [0.25, 0.3) is 0 Å². The van der Waals surface area contributed by atoms with E-state index in [9.17, 15) is 9.90 Å². The zero-order chi connectivity index (χ0) is 22.8. The minimum absolute atomic E-state index is 0.0973. The second kappa shape index (κ2) is 9.43. The Morgan fingerprint density at radius 3 is 2.72 bits per heavy atom. The van der Waals surface area contributed by atoms with Gasteiger partial charge in [0, 0.05) is 9.85 Å². The fourth-order valence-electron chi connectivity index (χ4n) is 3.20. The zero-order valence-electron chi connectivity index (χ0n) is 17.6. The molecule has 1 amide bonds. The number of hydrogen-bond acceptors (Lipinski definition) is 7. The summed E-state index contributed by atoms with van der Waals surface area (Å²) in [6.45, 7) is 5.93. The van der Waals surface area contributed by atoms with Crippen molar-refractivity contribution in [3.63, 3.8) is 0 Å². The number of aromatic hydroxyl groups is 1. The summed E-state index contributed by atoms with van der Waals surface area (Å²) in [5.74, 6) is 0.562. The Hall–Kier alpha value is -2.69. The van der Waals surface area contributed by atoms with Gasteiger partial charge in [0.2, 0.25) is 5.91 Å². The van der Waals surface area contributed by atoms with Crippen molar-refractivity contribution in [3.05, 3.63) is 63.1 Å². The van der Waals surface area contributed by atoms with Crippen LogP contribution in [0, 0.1) is 20.8 Å². The van der Waals surface area contributed by atoms with E-state index >= 15 is 0 Å². The van der Waals surface area contributed by atoms with Crippen LogP contribution >= 0.6 is 39.0 Å². The Morgan fingerprint density at radius 1 is 1.19 bits per heavy atom. The number of carbonyl (C=O) groups is 1. The number of thiazole rings is 1. The minimum atomic E-state index is -0.175. The first kappa shape index (κ1) is 22.5. The lowest BCUT2D eigenvalue weighted by Gasteiger charge is -2.14. The highest BCUT2D eigenvalue weighted by molar-refractivity contribution is 9.10. The molecule has 0 aliphatic rings. The molecule has 4 aromatic rings. The molecule has 2 heterocycles. The van der Waals surface area contributed by atoms with Gasteiger partial charge in [-0.05, 0) is 50.6 Å². The summed E-state index contributed by atoms with van der Waals surface area (Å²) in [5.41, 5.74) is 4.46. The summed E-state index contributed by atoms with van der Waals surface area (Å²) in [6.07, 6.45) is 0. The molecule has 0 spiro atoms. The third kappa shape index (κ3) is 4.87. The smallest absolute Gasteiger partial charge is 0.236 e. The van der Waals surface area contributed by atoms with Crippen molar-refractivity contribution in [1.82, 2.24) is 19.7 Å². The van der Waals surface area contributed by atoms with E-state index in [1.807, 2.05) is 42.9 Å². The zero-order valence-corrected chi connectivity index (χ0v) is 20.8.